The van der Waals surface area contributed by atoms with Crippen molar-refractivity contribution in [2.24, 2.45) is 5.10 Å². The van der Waals surface area contributed by atoms with Gasteiger partial charge in [0.1, 0.15) is 0 Å². The Hall–Kier alpha value is -2.46. The van der Waals surface area contributed by atoms with Crippen molar-refractivity contribution in [2.75, 3.05) is 31.3 Å². The number of hydrazone groups is 1. The number of nitrogens with zero attached hydrogens (tertiary/aromatic N) is 4. The zero-order valence-electron chi connectivity index (χ0n) is 14.3. The molecule has 4 rings (SSSR count). The fraction of sp³-hybridized carbons (Fsp3) is 0.353. The Labute approximate surface area is 156 Å². The van der Waals surface area contributed by atoms with E-state index < -0.39 is 23.4 Å². The molecule has 0 bridgehead atoms. The van der Waals surface area contributed by atoms with Gasteiger partial charge in [-0.2, -0.15) is 23.3 Å². The van der Waals surface area contributed by atoms with E-state index in [4.69, 9.17) is 4.74 Å². The molecule has 6 nitrogen and oxygen atoms in total. The summed E-state index contributed by atoms with van der Waals surface area (Å²) in [7, 11) is 0. The molecular weight excluding hydrogens is 381 g/mol. The molecule has 1 saturated heterocycles. The van der Waals surface area contributed by atoms with Crippen LogP contribution in [0.5, 0.6) is 0 Å². The Kier molecular flexibility index (Phi) is 4.39. The van der Waals surface area contributed by atoms with Gasteiger partial charge in [0.2, 0.25) is 5.13 Å². The van der Waals surface area contributed by atoms with Gasteiger partial charge in [-0.3, -0.25) is 4.79 Å². The van der Waals surface area contributed by atoms with Crippen LogP contribution >= 0.6 is 11.3 Å². The number of ether oxygens (including phenoxy) is 1. The highest BCUT2D eigenvalue weighted by atomic mass is 32.1. The number of hydrogen-bond acceptors (Lipinski definition) is 6. The predicted molar refractivity (Wildman–Crippen MR) is 95.7 cm³/mol. The third kappa shape index (κ3) is 3.19. The number of anilines is 1. The Morgan fingerprint density at radius 2 is 1.93 bits per heavy atom. The summed E-state index contributed by atoms with van der Waals surface area (Å²) in [5.74, 6) is -0.814. The summed E-state index contributed by atoms with van der Waals surface area (Å²) in [6.07, 6.45) is -4.75. The number of benzene rings is 1. The van der Waals surface area contributed by atoms with Crippen molar-refractivity contribution in [1.82, 2.24) is 9.88 Å². The average Bonchev–Trinajstić information content (AvgIpc) is 3.22. The van der Waals surface area contributed by atoms with E-state index in [0.717, 1.165) is 21.0 Å². The molecule has 1 amide bonds. The number of rotatable bonds is 2. The third-order valence-electron chi connectivity index (χ3n) is 4.42. The molecule has 0 aliphatic carbocycles. The minimum atomic E-state index is -4.75. The van der Waals surface area contributed by atoms with Crippen molar-refractivity contribution in [3.8, 4) is 0 Å². The summed E-state index contributed by atoms with van der Waals surface area (Å²) < 4.78 is 46.8. The van der Waals surface area contributed by atoms with Crippen LogP contribution in [0.4, 0.5) is 18.3 Å². The van der Waals surface area contributed by atoms with Crippen LogP contribution in [0.15, 0.2) is 40.6 Å². The lowest BCUT2D eigenvalue weighted by atomic mass is 10.1. The van der Waals surface area contributed by atoms with Crippen LogP contribution in [0, 0.1) is 0 Å². The number of alkyl halides is 3. The van der Waals surface area contributed by atoms with E-state index in [0.29, 0.717) is 31.8 Å². The third-order valence-corrected chi connectivity index (χ3v) is 5.43. The van der Waals surface area contributed by atoms with Crippen LogP contribution in [0.25, 0.3) is 10.2 Å². The van der Waals surface area contributed by atoms with Crippen LogP contribution in [-0.2, 0) is 9.53 Å². The fourth-order valence-corrected chi connectivity index (χ4v) is 3.98. The highest BCUT2D eigenvalue weighted by molar-refractivity contribution is 7.22. The number of fused-ring (bicyclic) bond motifs is 1. The normalized spacial score (nSPS) is 20.4. The molecule has 142 valence electrons. The molecule has 2 aliphatic rings. The highest BCUT2D eigenvalue weighted by Gasteiger charge is 2.49. The standard InChI is InChI=1S/C17H15F3N4O2S/c1-10(23-6-8-26-9-7-23)13-14(17(18,19)20)22-24(15(13)25)16-21-11-4-2-3-5-12(11)27-16/h2-5H,6-9H2,1H3. The van der Waals surface area contributed by atoms with Crippen molar-refractivity contribution in [1.29, 1.82) is 0 Å². The van der Waals surface area contributed by atoms with Crippen molar-refractivity contribution < 1.29 is 22.7 Å². The van der Waals surface area contributed by atoms with Crippen LogP contribution in [0.2, 0.25) is 0 Å². The Bertz CT molecular complexity index is 927. The second-order valence-corrected chi connectivity index (χ2v) is 7.10. The number of aromatic nitrogens is 1. The molecule has 1 aromatic carbocycles. The van der Waals surface area contributed by atoms with E-state index >= 15 is 0 Å². The number of allylic oxidation sites excluding steroid dienone is 1. The summed E-state index contributed by atoms with van der Waals surface area (Å²) >= 11 is 1.12. The first-order valence-corrected chi connectivity index (χ1v) is 9.07. The van der Waals surface area contributed by atoms with Crippen LogP contribution < -0.4 is 5.01 Å². The van der Waals surface area contributed by atoms with Gasteiger partial charge in [-0.05, 0) is 19.1 Å². The Morgan fingerprint density at radius 1 is 1.22 bits per heavy atom. The van der Waals surface area contributed by atoms with Gasteiger partial charge in [0.15, 0.2) is 5.71 Å². The first-order valence-electron chi connectivity index (χ1n) is 8.26. The van der Waals surface area contributed by atoms with E-state index in [2.05, 4.69) is 10.1 Å². The summed E-state index contributed by atoms with van der Waals surface area (Å²) in [5, 5.41) is 4.49. The van der Waals surface area contributed by atoms with Crippen molar-refractivity contribution >= 4 is 38.3 Å². The molecule has 27 heavy (non-hydrogen) atoms. The molecule has 3 heterocycles. The fourth-order valence-electron chi connectivity index (χ4n) is 3.06. The Balaban J connectivity index is 1.79. The number of hydrogen-bond donors (Lipinski definition) is 0. The second-order valence-electron chi connectivity index (χ2n) is 6.09. The van der Waals surface area contributed by atoms with Gasteiger partial charge in [0.25, 0.3) is 5.91 Å². The number of carbonyl (C=O) groups excluding carboxylic acids is 1. The molecule has 0 spiro atoms. The second kappa shape index (κ2) is 6.61. The summed E-state index contributed by atoms with van der Waals surface area (Å²) in [6.45, 7) is 3.17. The van der Waals surface area contributed by atoms with Gasteiger partial charge in [0, 0.05) is 18.8 Å². The van der Waals surface area contributed by atoms with Gasteiger partial charge in [-0.1, -0.05) is 23.5 Å². The molecular formula is C17H15F3N4O2S. The minimum absolute atomic E-state index is 0.118. The SMILES string of the molecule is CC(=C1C(=O)N(c2nc3ccccc3s2)N=C1C(F)(F)F)N1CCOCC1. The van der Waals surface area contributed by atoms with Crippen LogP contribution in [-0.4, -0.2) is 54.0 Å². The Morgan fingerprint density at radius 3 is 2.59 bits per heavy atom. The van der Waals surface area contributed by atoms with Crippen LogP contribution in [0.3, 0.4) is 0 Å². The van der Waals surface area contributed by atoms with E-state index in [1.54, 1.807) is 29.2 Å². The molecule has 0 unspecified atom stereocenters. The van der Waals surface area contributed by atoms with Gasteiger partial charge in [-0.15, -0.1) is 0 Å². The largest absolute Gasteiger partial charge is 0.436 e. The van der Waals surface area contributed by atoms with Crippen LogP contribution in [0.1, 0.15) is 6.92 Å². The zero-order chi connectivity index (χ0) is 19.2. The molecule has 2 aromatic rings. The monoisotopic (exact) mass is 396 g/mol. The maximum atomic E-state index is 13.6. The number of carbonyl (C=O) groups is 1. The molecule has 10 heteroatoms. The lowest BCUT2D eigenvalue weighted by Crippen LogP contribution is -2.38. The summed E-state index contributed by atoms with van der Waals surface area (Å²) in [5.41, 5.74) is -0.751. The predicted octanol–water partition coefficient (Wildman–Crippen LogP) is 3.17. The molecule has 0 radical (unpaired) electrons. The van der Waals surface area contributed by atoms with Gasteiger partial charge in [0.05, 0.1) is 29.0 Å². The zero-order valence-corrected chi connectivity index (χ0v) is 15.1. The molecule has 0 saturated carbocycles. The van der Waals surface area contributed by atoms with E-state index in [9.17, 15) is 18.0 Å². The number of thiazole rings is 1. The van der Waals surface area contributed by atoms with Gasteiger partial charge in [-0.25, -0.2) is 4.98 Å². The minimum Gasteiger partial charge on any atom is -0.378 e. The average molecular weight is 396 g/mol. The maximum Gasteiger partial charge on any atom is 0.436 e. The van der Waals surface area contributed by atoms with Crippen molar-refractivity contribution in [3.05, 3.63) is 35.5 Å². The quantitative estimate of drug-likeness (QED) is 0.732. The number of para-hydroxylation sites is 1. The first kappa shape index (κ1) is 17.9. The first-order chi connectivity index (χ1) is 12.9. The van der Waals surface area contributed by atoms with Crippen molar-refractivity contribution in [2.45, 2.75) is 13.1 Å². The summed E-state index contributed by atoms with van der Waals surface area (Å²) in [6, 6.07) is 7.10. The lowest BCUT2D eigenvalue weighted by molar-refractivity contribution is -0.114. The number of halogens is 3. The van der Waals surface area contributed by atoms with Gasteiger partial charge >= 0.3 is 6.18 Å². The molecule has 2 aliphatic heterocycles. The molecule has 0 atom stereocenters. The molecule has 0 N–H and O–H groups in total. The molecule has 1 fully saturated rings. The topological polar surface area (TPSA) is 58.0 Å². The van der Waals surface area contributed by atoms with Crippen molar-refractivity contribution in [3.63, 3.8) is 0 Å². The summed E-state index contributed by atoms with van der Waals surface area (Å²) in [4.78, 5) is 18.9. The maximum absolute atomic E-state index is 13.6. The van der Waals surface area contributed by atoms with E-state index in [-0.39, 0.29) is 10.8 Å². The number of amides is 1. The van der Waals surface area contributed by atoms with Gasteiger partial charge < -0.3 is 9.64 Å². The highest BCUT2D eigenvalue weighted by Crippen LogP contribution is 2.36. The molecule has 1 aromatic heterocycles. The van der Waals surface area contributed by atoms with E-state index in [1.807, 2.05) is 0 Å². The smallest absolute Gasteiger partial charge is 0.378 e. The lowest BCUT2D eigenvalue weighted by Gasteiger charge is -2.30. The van der Waals surface area contributed by atoms with E-state index in [1.165, 1.54) is 6.92 Å². The number of morpholine rings is 1.